The summed E-state index contributed by atoms with van der Waals surface area (Å²) in [4.78, 5) is 11.5. The lowest BCUT2D eigenvalue weighted by Crippen LogP contribution is -2.41. The van der Waals surface area contributed by atoms with E-state index in [1.165, 1.54) is 0 Å². The topological polar surface area (TPSA) is 38.3 Å². The molecule has 0 fully saturated rings. The van der Waals surface area contributed by atoms with Gasteiger partial charge in [-0.3, -0.25) is 10.1 Å². The summed E-state index contributed by atoms with van der Waals surface area (Å²) in [6.45, 7) is 2.56. The number of carbonyl (C=O) groups excluding carboxylic acids is 1. The first-order valence-corrected chi connectivity index (χ1v) is 6.03. The molecule has 0 aromatic heterocycles. The van der Waals surface area contributed by atoms with Crippen molar-refractivity contribution in [3.8, 4) is 0 Å². The number of hydrogen-bond donors (Lipinski definition) is 1. The van der Waals surface area contributed by atoms with Gasteiger partial charge in [-0.15, -0.1) is 0 Å². The van der Waals surface area contributed by atoms with E-state index in [-0.39, 0.29) is 5.92 Å². The highest BCUT2D eigenvalue weighted by atomic mass is 19.2. The molecule has 0 aliphatic carbocycles. The van der Waals surface area contributed by atoms with Crippen LogP contribution in [0.15, 0.2) is 0 Å². The molecule has 1 rings (SSSR count). The Labute approximate surface area is 118 Å². The fourth-order valence-corrected chi connectivity index (χ4v) is 1.74. The van der Waals surface area contributed by atoms with E-state index in [9.17, 15) is 26.7 Å². The molecule has 21 heavy (non-hydrogen) atoms. The molecule has 3 nitrogen and oxygen atoms in total. The van der Waals surface area contributed by atoms with Crippen LogP contribution in [0.3, 0.4) is 0 Å². The van der Waals surface area contributed by atoms with Crippen LogP contribution in [-0.4, -0.2) is 19.1 Å². The van der Waals surface area contributed by atoms with E-state index in [2.05, 4.69) is 10.1 Å². The zero-order valence-electron chi connectivity index (χ0n) is 11.6. The summed E-state index contributed by atoms with van der Waals surface area (Å²) in [7, 11) is 1.12. The molecule has 0 saturated heterocycles. The summed E-state index contributed by atoms with van der Waals surface area (Å²) >= 11 is 0. The Kier molecular flexibility index (Phi) is 5.65. The van der Waals surface area contributed by atoms with Crippen LogP contribution in [-0.2, 0) is 16.1 Å². The van der Waals surface area contributed by atoms with Gasteiger partial charge in [0.25, 0.3) is 0 Å². The van der Waals surface area contributed by atoms with Crippen LogP contribution in [0.2, 0.25) is 0 Å². The van der Waals surface area contributed by atoms with Crippen molar-refractivity contribution in [1.82, 2.24) is 5.32 Å². The second-order valence-corrected chi connectivity index (χ2v) is 4.67. The van der Waals surface area contributed by atoms with Gasteiger partial charge in [0.05, 0.1) is 7.11 Å². The standard InChI is InChI=1S/C13H14F5NO2/c1-5(2)12(13(20)21-3)19-4-6-7(14)9(16)11(18)10(17)8(6)15/h5,12,19H,4H2,1-3H3. The van der Waals surface area contributed by atoms with Crippen LogP contribution in [0, 0.1) is 35.0 Å². The van der Waals surface area contributed by atoms with E-state index in [1.54, 1.807) is 13.8 Å². The molecule has 1 aromatic rings. The molecule has 0 spiro atoms. The van der Waals surface area contributed by atoms with Crippen molar-refractivity contribution in [3.63, 3.8) is 0 Å². The van der Waals surface area contributed by atoms with Crippen molar-refractivity contribution in [2.75, 3.05) is 7.11 Å². The number of methoxy groups -OCH3 is 1. The predicted molar refractivity (Wildman–Crippen MR) is 63.7 cm³/mol. The second kappa shape index (κ2) is 6.84. The van der Waals surface area contributed by atoms with Gasteiger partial charge in [0.2, 0.25) is 5.82 Å². The summed E-state index contributed by atoms with van der Waals surface area (Å²) in [6.07, 6.45) is 0. The van der Waals surface area contributed by atoms with E-state index < -0.39 is 53.2 Å². The Morgan fingerprint density at radius 1 is 1.00 bits per heavy atom. The first kappa shape index (κ1) is 17.4. The lowest BCUT2D eigenvalue weighted by molar-refractivity contribution is -0.144. The van der Waals surface area contributed by atoms with Gasteiger partial charge in [-0.1, -0.05) is 13.8 Å². The minimum atomic E-state index is -2.22. The third-order valence-electron chi connectivity index (χ3n) is 2.92. The van der Waals surface area contributed by atoms with Crippen molar-refractivity contribution < 1.29 is 31.5 Å². The van der Waals surface area contributed by atoms with Gasteiger partial charge in [0, 0.05) is 12.1 Å². The van der Waals surface area contributed by atoms with Gasteiger partial charge < -0.3 is 4.74 Å². The van der Waals surface area contributed by atoms with E-state index in [0.717, 1.165) is 7.11 Å². The molecule has 0 aliphatic heterocycles. The van der Waals surface area contributed by atoms with Crippen LogP contribution in [0.4, 0.5) is 22.0 Å². The average molecular weight is 311 g/mol. The van der Waals surface area contributed by atoms with Crippen LogP contribution in [0.25, 0.3) is 0 Å². The fraction of sp³-hybridized carbons (Fsp3) is 0.462. The van der Waals surface area contributed by atoms with Crippen molar-refractivity contribution in [2.45, 2.75) is 26.4 Å². The number of hydrogen-bond acceptors (Lipinski definition) is 3. The molecule has 0 radical (unpaired) electrons. The number of benzene rings is 1. The number of rotatable bonds is 5. The Morgan fingerprint density at radius 3 is 1.81 bits per heavy atom. The first-order chi connectivity index (χ1) is 9.72. The maximum absolute atomic E-state index is 13.5. The number of esters is 1. The number of halogens is 5. The minimum absolute atomic E-state index is 0.307. The molecule has 118 valence electrons. The summed E-state index contributed by atoms with van der Waals surface area (Å²) in [5, 5.41) is 2.43. The first-order valence-electron chi connectivity index (χ1n) is 6.03. The van der Waals surface area contributed by atoms with Gasteiger partial charge in [-0.05, 0) is 5.92 Å². The minimum Gasteiger partial charge on any atom is -0.468 e. The van der Waals surface area contributed by atoms with E-state index >= 15 is 0 Å². The third-order valence-corrected chi connectivity index (χ3v) is 2.92. The zero-order valence-corrected chi connectivity index (χ0v) is 11.6. The maximum atomic E-state index is 13.5. The van der Waals surface area contributed by atoms with Crippen molar-refractivity contribution >= 4 is 5.97 Å². The molecule has 8 heteroatoms. The van der Waals surface area contributed by atoms with Gasteiger partial charge in [-0.2, -0.15) is 0 Å². The second-order valence-electron chi connectivity index (χ2n) is 4.67. The normalized spacial score (nSPS) is 12.6. The van der Waals surface area contributed by atoms with E-state index in [1.807, 2.05) is 0 Å². The Morgan fingerprint density at radius 2 is 1.43 bits per heavy atom. The molecule has 1 atom stereocenters. The Hall–Kier alpha value is -1.70. The maximum Gasteiger partial charge on any atom is 0.323 e. The largest absolute Gasteiger partial charge is 0.468 e. The Bertz CT molecular complexity index is 519. The van der Waals surface area contributed by atoms with Gasteiger partial charge in [-0.25, -0.2) is 22.0 Å². The number of nitrogens with one attached hydrogen (secondary N) is 1. The summed E-state index contributed by atoms with van der Waals surface area (Å²) < 4.78 is 70.4. The zero-order chi connectivity index (χ0) is 16.3. The summed E-state index contributed by atoms with van der Waals surface area (Å²) in [5.41, 5.74) is -1.03. The van der Waals surface area contributed by atoms with Crippen molar-refractivity contribution in [1.29, 1.82) is 0 Å². The fourth-order valence-electron chi connectivity index (χ4n) is 1.74. The van der Waals surface area contributed by atoms with Crippen LogP contribution >= 0.6 is 0 Å². The number of ether oxygens (including phenoxy) is 1. The molecule has 1 N–H and O–H groups in total. The van der Waals surface area contributed by atoms with Crippen LogP contribution < -0.4 is 5.32 Å². The molecule has 1 unspecified atom stereocenters. The molecule has 1 aromatic carbocycles. The highest BCUT2D eigenvalue weighted by Gasteiger charge is 2.28. The van der Waals surface area contributed by atoms with Gasteiger partial charge in [0.1, 0.15) is 6.04 Å². The molecule has 0 heterocycles. The summed E-state index contributed by atoms with van der Waals surface area (Å²) in [5.74, 6) is -11.1. The molecular weight excluding hydrogens is 297 g/mol. The Balaban J connectivity index is 3.06. The van der Waals surface area contributed by atoms with E-state index in [4.69, 9.17) is 0 Å². The molecule has 0 amide bonds. The third kappa shape index (κ3) is 3.49. The predicted octanol–water partition coefficient (Wildman–Crippen LogP) is 2.67. The quantitative estimate of drug-likeness (QED) is 0.393. The highest BCUT2D eigenvalue weighted by Crippen LogP contribution is 2.23. The van der Waals surface area contributed by atoms with Crippen LogP contribution in [0.1, 0.15) is 19.4 Å². The molecular formula is C13H14F5NO2. The lowest BCUT2D eigenvalue weighted by Gasteiger charge is -2.20. The van der Waals surface area contributed by atoms with Crippen molar-refractivity contribution in [3.05, 3.63) is 34.6 Å². The average Bonchev–Trinajstić information content (AvgIpc) is 2.45. The SMILES string of the molecule is COC(=O)C(NCc1c(F)c(F)c(F)c(F)c1F)C(C)C. The molecule has 0 aliphatic rings. The van der Waals surface area contributed by atoms with Gasteiger partial charge >= 0.3 is 5.97 Å². The molecule has 0 bridgehead atoms. The smallest absolute Gasteiger partial charge is 0.323 e. The van der Waals surface area contributed by atoms with Gasteiger partial charge in [0.15, 0.2) is 23.3 Å². The molecule has 0 saturated carbocycles. The van der Waals surface area contributed by atoms with Crippen molar-refractivity contribution in [2.24, 2.45) is 5.92 Å². The summed E-state index contributed by atoms with van der Waals surface area (Å²) in [6, 6.07) is -0.940. The highest BCUT2D eigenvalue weighted by molar-refractivity contribution is 5.75. The monoisotopic (exact) mass is 311 g/mol. The number of carbonyl (C=O) groups is 1. The van der Waals surface area contributed by atoms with E-state index in [0.29, 0.717) is 0 Å². The lowest BCUT2D eigenvalue weighted by atomic mass is 10.0. The van der Waals surface area contributed by atoms with Crippen LogP contribution in [0.5, 0.6) is 0 Å².